The van der Waals surface area contributed by atoms with Crippen molar-refractivity contribution in [2.45, 2.75) is 31.6 Å². The largest absolute Gasteiger partial charge is 0.490 e. The third-order valence-corrected chi connectivity index (χ3v) is 5.68. The summed E-state index contributed by atoms with van der Waals surface area (Å²) in [6.07, 6.45) is 0.675. The maximum atomic E-state index is 14.0. The number of carboxylic acid groups (broad SMARTS) is 1. The molecule has 2 N–H and O–H groups in total. The number of nitrogens with one attached hydrogen (secondary N) is 1. The topological polar surface area (TPSA) is 94.5 Å². The van der Waals surface area contributed by atoms with Gasteiger partial charge in [0.25, 0.3) is 0 Å². The molecule has 0 radical (unpaired) electrons. The first-order valence-electron chi connectivity index (χ1n) is 11.2. The molecule has 2 fully saturated rings. The van der Waals surface area contributed by atoms with Crippen molar-refractivity contribution in [2.24, 2.45) is 0 Å². The van der Waals surface area contributed by atoms with Crippen LogP contribution in [0.5, 0.6) is 0 Å². The summed E-state index contributed by atoms with van der Waals surface area (Å²) in [6, 6.07) is 5.96. The van der Waals surface area contributed by atoms with E-state index in [1.165, 1.54) is 12.1 Å². The highest BCUT2D eigenvalue weighted by Crippen LogP contribution is 2.31. The highest BCUT2D eigenvalue weighted by atomic mass is 19.4. The number of pyridine rings is 1. The van der Waals surface area contributed by atoms with Gasteiger partial charge in [-0.15, -0.1) is 0 Å². The molecule has 0 bridgehead atoms. The molecular formula is C23H23F5N6O2. The average Bonchev–Trinajstić information content (AvgIpc) is 3.65. The molecule has 13 heteroatoms. The molecule has 0 spiro atoms. The van der Waals surface area contributed by atoms with Gasteiger partial charge < -0.3 is 15.3 Å². The van der Waals surface area contributed by atoms with Crippen LogP contribution in [-0.4, -0.2) is 69.3 Å². The van der Waals surface area contributed by atoms with Crippen molar-refractivity contribution < 1.29 is 31.9 Å². The second-order valence-corrected chi connectivity index (χ2v) is 8.48. The lowest BCUT2D eigenvalue weighted by molar-refractivity contribution is -0.192. The number of anilines is 2. The van der Waals surface area contributed by atoms with Gasteiger partial charge in [-0.25, -0.2) is 23.5 Å². The summed E-state index contributed by atoms with van der Waals surface area (Å²) in [4.78, 5) is 27.0. The summed E-state index contributed by atoms with van der Waals surface area (Å²) in [6.45, 7) is 3.40. The average molecular weight is 510 g/mol. The Bertz CT molecular complexity index is 1230. The molecule has 1 aromatic carbocycles. The number of nitrogens with zero attached hydrogens (tertiary/aromatic N) is 5. The van der Waals surface area contributed by atoms with Crippen molar-refractivity contribution in [1.29, 1.82) is 0 Å². The zero-order chi connectivity index (χ0) is 25.9. The van der Waals surface area contributed by atoms with Gasteiger partial charge in [-0.3, -0.25) is 9.88 Å². The molecule has 0 unspecified atom stereocenters. The molecule has 36 heavy (non-hydrogen) atoms. The molecule has 3 heterocycles. The molecule has 3 aromatic rings. The Labute approximate surface area is 202 Å². The fraction of sp³-hybridized carbons (Fsp3) is 0.391. The monoisotopic (exact) mass is 510 g/mol. The fourth-order valence-corrected chi connectivity index (χ4v) is 3.66. The van der Waals surface area contributed by atoms with Gasteiger partial charge in [0.15, 0.2) is 11.6 Å². The first kappa shape index (κ1) is 25.5. The maximum absolute atomic E-state index is 14.0. The number of rotatable bonds is 5. The van der Waals surface area contributed by atoms with Gasteiger partial charge in [-0.2, -0.15) is 13.2 Å². The van der Waals surface area contributed by atoms with Gasteiger partial charge >= 0.3 is 12.1 Å². The normalized spacial score (nSPS) is 16.4. The van der Waals surface area contributed by atoms with E-state index in [4.69, 9.17) is 19.9 Å². The molecule has 1 aliphatic heterocycles. The number of alkyl halides is 3. The van der Waals surface area contributed by atoms with Gasteiger partial charge in [-0.1, -0.05) is 0 Å². The maximum Gasteiger partial charge on any atom is 0.490 e. The summed E-state index contributed by atoms with van der Waals surface area (Å²) in [5.41, 5.74) is 1.99. The molecule has 1 aliphatic carbocycles. The van der Waals surface area contributed by atoms with E-state index in [-0.39, 0.29) is 5.82 Å². The number of piperazine rings is 1. The number of aliphatic carboxylic acids is 1. The van der Waals surface area contributed by atoms with Crippen LogP contribution in [0.15, 0.2) is 36.7 Å². The molecule has 0 atom stereocenters. The zero-order valence-electron chi connectivity index (χ0n) is 19.0. The Morgan fingerprint density at radius 1 is 1.06 bits per heavy atom. The van der Waals surface area contributed by atoms with Crippen LogP contribution in [0.1, 0.15) is 18.4 Å². The van der Waals surface area contributed by atoms with Crippen LogP contribution < -0.4 is 10.2 Å². The van der Waals surface area contributed by atoms with E-state index < -0.39 is 18.0 Å². The molecule has 5 rings (SSSR count). The van der Waals surface area contributed by atoms with Gasteiger partial charge in [-0.05, 0) is 37.1 Å². The minimum atomic E-state index is -5.08. The second-order valence-electron chi connectivity index (χ2n) is 8.48. The molecule has 2 aliphatic rings. The van der Waals surface area contributed by atoms with Gasteiger partial charge in [0, 0.05) is 50.5 Å². The van der Waals surface area contributed by atoms with Crippen molar-refractivity contribution in [3.05, 3.63) is 53.9 Å². The highest BCUT2D eigenvalue weighted by molar-refractivity contribution is 5.80. The highest BCUT2D eigenvalue weighted by Gasteiger charge is 2.38. The van der Waals surface area contributed by atoms with Crippen LogP contribution in [0.25, 0.3) is 11.0 Å². The Hall–Kier alpha value is -3.61. The van der Waals surface area contributed by atoms with Crippen LogP contribution in [0, 0.1) is 11.6 Å². The predicted molar refractivity (Wildman–Crippen MR) is 122 cm³/mol. The first-order chi connectivity index (χ1) is 17.1. The summed E-state index contributed by atoms with van der Waals surface area (Å²) in [5.74, 6) is -1.87. The third kappa shape index (κ3) is 6.53. The number of hydrogen-bond donors (Lipinski definition) is 2. The lowest BCUT2D eigenvalue weighted by Gasteiger charge is -2.36. The number of benzene rings is 1. The van der Waals surface area contributed by atoms with Gasteiger partial charge in [0.1, 0.15) is 17.2 Å². The van der Waals surface area contributed by atoms with E-state index in [1.54, 1.807) is 12.4 Å². The number of fused-ring (bicyclic) bond motifs is 1. The van der Waals surface area contributed by atoms with Crippen LogP contribution in [-0.2, 0) is 11.3 Å². The fourth-order valence-electron chi connectivity index (χ4n) is 3.66. The second kappa shape index (κ2) is 10.6. The van der Waals surface area contributed by atoms with Crippen LogP contribution in [0.4, 0.5) is 33.6 Å². The SMILES string of the molecule is Fc1ccc(F)c(CN2CCN(c3nc4ccncc4nc3NC3CC3)CC2)c1.O=C(O)C(F)(F)F. The van der Waals surface area contributed by atoms with Crippen LogP contribution in [0.2, 0.25) is 0 Å². The van der Waals surface area contributed by atoms with Crippen molar-refractivity contribution in [1.82, 2.24) is 19.9 Å². The smallest absolute Gasteiger partial charge is 0.475 e. The van der Waals surface area contributed by atoms with Crippen molar-refractivity contribution >= 4 is 28.6 Å². The standard InChI is InChI=1S/C21H22F2N6.C2HF3O2/c22-15-1-4-17(23)14(11-15)13-28-7-9-29(10-8-28)21-20(25-16-2-3-16)26-19-12-24-6-5-18(19)27-21;3-2(4,5)1(6)7/h1,4-6,11-12,16H,2-3,7-10,13H2,(H,25,26);(H,6,7). The number of carbonyl (C=O) groups is 1. The summed E-state index contributed by atoms with van der Waals surface area (Å²) in [5, 5.41) is 10.6. The van der Waals surface area contributed by atoms with Crippen molar-refractivity contribution in [3.63, 3.8) is 0 Å². The number of carboxylic acids is 1. The quantitative estimate of drug-likeness (QED) is 0.501. The lowest BCUT2D eigenvalue weighted by atomic mass is 10.1. The Morgan fingerprint density at radius 2 is 1.75 bits per heavy atom. The first-order valence-corrected chi connectivity index (χ1v) is 11.2. The van der Waals surface area contributed by atoms with E-state index >= 15 is 0 Å². The molecule has 2 aromatic heterocycles. The molecule has 192 valence electrons. The summed E-state index contributed by atoms with van der Waals surface area (Å²) < 4.78 is 59.1. The van der Waals surface area contributed by atoms with Gasteiger partial charge in [0.2, 0.25) is 0 Å². The number of halogens is 5. The zero-order valence-corrected chi connectivity index (χ0v) is 19.0. The van der Waals surface area contributed by atoms with Crippen LogP contribution in [0.3, 0.4) is 0 Å². The van der Waals surface area contributed by atoms with Crippen LogP contribution >= 0.6 is 0 Å². The Kier molecular flexibility index (Phi) is 7.48. The lowest BCUT2D eigenvalue weighted by Crippen LogP contribution is -2.46. The Morgan fingerprint density at radius 3 is 2.39 bits per heavy atom. The molecule has 1 saturated heterocycles. The number of hydrogen-bond acceptors (Lipinski definition) is 7. The minimum absolute atomic E-state index is 0.362. The molecular weight excluding hydrogens is 487 g/mol. The predicted octanol–water partition coefficient (Wildman–Crippen LogP) is 3.83. The molecule has 0 amide bonds. The Balaban J connectivity index is 0.000000384. The van der Waals surface area contributed by atoms with E-state index in [0.29, 0.717) is 18.2 Å². The summed E-state index contributed by atoms with van der Waals surface area (Å²) >= 11 is 0. The molecule has 8 nitrogen and oxygen atoms in total. The van der Waals surface area contributed by atoms with E-state index in [0.717, 1.165) is 67.8 Å². The van der Waals surface area contributed by atoms with Gasteiger partial charge in [0.05, 0.1) is 11.7 Å². The minimum Gasteiger partial charge on any atom is -0.475 e. The van der Waals surface area contributed by atoms with Crippen molar-refractivity contribution in [2.75, 3.05) is 36.4 Å². The van der Waals surface area contributed by atoms with E-state index in [2.05, 4.69) is 20.1 Å². The molecule has 1 saturated carbocycles. The van der Waals surface area contributed by atoms with E-state index in [1.807, 2.05) is 6.07 Å². The summed E-state index contributed by atoms with van der Waals surface area (Å²) in [7, 11) is 0. The third-order valence-electron chi connectivity index (χ3n) is 5.68. The number of aromatic nitrogens is 3. The van der Waals surface area contributed by atoms with E-state index in [9.17, 15) is 22.0 Å². The van der Waals surface area contributed by atoms with Crippen molar-refractivity contribution in [3.8, 4) is 0 Å².